The van der Waals surface area contributed by atoms with Crippen molar-refractivity contribution in [1.29, 1.82) is 0 Å². The molecule has 6 heteroatoms. The molecule has 2 aromatic heterocycles. The van der Waals surface area contributed by atoms with Crippen LogP contribution in [-0.2, 0) is 4.79 Å². The first-order chi connectivity index (χ1) is 11.7. The minimum absolute atomic E-state index is 0.0892. The van der Waals surface area contributed by atoms with E-state index < -0.39 is 0 Å². The first-order valence-corrected chi connectivity index (χ1v) is 8.50. The van der Waals surface area contributed by atoms with E-state index in [1.54, 1.807) is 6.33 Å². The number of carbonyl (C=O) groups is 1. The second-order valence-corrected chi connectivity index (χ2v) is 6.72. The zero-order chi connectivity index (χ0) is 16.6. The summed E-state index contributed by atoms with van der Waals surface area (Å²) in [5.41, 5.74) is 0.756. The van der Waals surface area contributed by atoms with E-state index in [0.717, 1.165) is 62.2 Å². The van der Waals surface area contributed by atoms with E-state index in [4.69, 9.17) is 6.42 Å². The molecule has 4 heterocycles. The Balaban J connectivity index is 1.65. The zero-order valence-corrected chi connectivity index (χ0v) is 13.7. The van der Waals surface area contributed by atoms with Gasteiger partial charge in [-0.1, -0.05) is 5.92 Å². The van der Waals surface area contributed by atoms with E-state index in [1.807, 2.05) is 17.2 Å². The third-order valence-corrected chi connectivity index (χ3v) is 5.34. The molecule has 24 heavy (non-hydrogen) atoms. The highest BCUT2D eigenvalue weighted by Gasteiger charge is 2.46. The molecule has 1 amide bonds. The number of H-pyrrole nitrogens is 1. The number of aromatic amines is 1. The van der Waals surface area contributed by atoms with E-state index >= 15 is 0 Å². The van der Waals surface area contributed by atoms with Crippen LogP contribution in [0.5, 0.6) is 0 Å². The number of amides is 1. The lowest BCUT2D eigenvalue weighted by Gasteiger charge is -2.46. The van der Waals surface area contributed by atoms with Crippen molar-refractivity contribution in [2.45, 2.75) is 37.6 Å². The van der Waals surface area contributed by atoms with Gasteiger partial charge in [0.05, 0.1) is 17.3 Å². The Labute approximate surface area is 141 Å². The number of anilines is 1. The molecule has 0 saturated carbocycles. The van der Waals surface area contributed by atoms with Crippen molar-refractivity contribution < 1.29 is 4.79 Å². The van der Waals surface area contributed by atoms with Crippen LogP contribution in [0.25, 0.3) is 11.0 Å². The van der Waals surface area contributed by atoms with Gasteiger partial charge in [0.1, 0.15) is 17.8 Å². The molecule has 2 saturated heterocycles. The summed E-state index contributed by atoms with van der Waals surface area (Å²) in [5.74, 6) is 3.54. The van der Waals surface area contributed by atoms with Crippen LogP contribution in [0.2, 0.25) is 0 Å². The summed E-state index contributed by atoms with van der Waals surface area (Å²) in [4.78, 5) is 28.7. The lowest BCUT2D eigenvalue weighted by molar-refractivity contribution is -0.134. The maximum atomic E-state index is 12.5. The van der Waals surface area contributed by atoms with Gasteiger partial charge in [-0.05, 0) is 31.7 Å². The Morgan fingerprint density at radius 1 is 1.33 bits per heavy atom. The maximum absolute atomic E-state index is 12.5. The molecule has 6 nitrogen and oxygen atoms in total. The lowest BCUT2D eigenvalue weighted by Crippen LogP contribution is -2.57. The number of aromatic nitrogens is 3. The van der Waals surface area contributed by atoms with Gasteiger partial charge in [-0.2, -0.15) is 0 Å². The fourth-order valence-electron chi connectivity index (χ4n) is 4.34. The number of hydrogen-bond donors (Lipinski definition) is 1. The molecule has 1 atom stereocenters. The van der Waals surface area contributed by atoms with Gasteiger partial charge in [0.2, 0.25) is 5.91 Å². The van der Waals surface area contributed by atoms with Gasteiger partial charge in [0.15, 0.2) is 0 Å². The largest absolute Gasteiger partial charge is 0.354 e. The molecule has 2 aliphatic rings. The SMILES string of the molecule is C#CCC(=O)N1CCC[C@]12CCCN(c1ncnc3[nH]ccc13)C2. The van der Waals surface area contributed by atoms with Gasteiger partial charge in [-0.25, -0.2) is 9.97 Å². The molecule has 2 fully saturated rings. The van der Waals surface area contributed by atoms with E-state index in [2.05, 4.69) is 25.8 Å². The molecule has 0 aromatic carbocycles. The Bertz CT molecular complexity index is 807. The van der Waals surface area contributed by atoms with Crippen LogP contribution in [0.15, 0.2) is 18.6 Å². The number of hydrogen-bond acceptors (Lipinski definition) is 4. The molecule has 2 aromatic rings. The minimum Gasteiger partial charge on any atom is -0.354 e. The van der Waals surface area contributed by atoms with Crippen LogP contribution in [0.4, 0.5) is 5.82 Å². The van der Waals surface area contributed by atoms with Crippen LogP contribution in [0, 0.1) is 12.3 Å². The Morgan fingerprint density at radius 2 is 2.17 bits per heavy atom. The molecule has 1 spiro atoms. The second kappa shape index (κ2) is 5.82. The predicted octanol–water partition coefficient (Wildman–Crippen LogP) is 1.94. The number of likely N-dealkylation sites (tertiary alicyclic amines) is 1. The topological polar surface area (TPSA) is 65.1 Å². The van der Waals surface area contributed by atoms with Gasteiger partial charge in [-0.15, -0.1) is 6.42 Å². The molecule has 0 radical (unpaired) electrons. The van der Waals surface area contributed by atoms with E-state index in [9.17, 15) is 4.79 Å². The molecule has 2 aliphatic heterocycles. The number of nitrogens with zero attached hydrogens (tertiary/aromatic N) is 4. The van der Waals surface area contributed by atoms with Crippen LogP contribution in [-0.4, -0.2) is 50.9 Å². The number of carbonyl (C=O) groups excluding carboxylic acids is 1. The first kappa shape index (κ1) is 15.0. The number of terminal acetylenes is 1. The molecular formula is C18H21N5O. The Kier molecular flexibility index (Phi) is 3.64. The van der Waals surface area contributed by atoms with E-state index in [1.165, 1.54) is 0 Å². The molecular weight excluding hydrogens is 302 g/mol. The van der Waals surface area contributed by atoms with Crippen molar-refractivity contribution in [3.05, 3.63) is 18.6 Å². The van der Waals surface area contributed by atoms with Crippen molar-refractivity contribution in [2.24, 2.45) is 0 Å². The summed E-state index contributed by atoms with van der Waals surface area (Å²) in [6.07, 6.45) is 13.2. The van der Waals surface area contributed by atoms with E-state index in [0.29, 0.717) is 0 Å². The fraction of sp³-hybridized carbons (Fsp3) is 0.500. The van der Waals surface area contributed by atoms with E-state index in [-0.39, 0.29) is 17.9 Å². The van der Waals surface area contributed by atoms with Crippen molar-refractivity contribution in [2.75, 3.05) is 24.5 Å². The van der Waals surface area contributed by atoms with Crippen LogP contribution in [0.1, 0.15) is 32.1 Å². The minimum atomic E-state index is -0.0975. The number of rotatable bonds is 2. The normalized spacial score (nSPS) is 23.8. The third kappa shape index (κ3) is 2.32. The number of nitrogens with one attached hydrogen (secondary N) is 1. The van der Waals surface area contributed by atoms with Gasteiger partial charge >= 0.3 is 0 Å². The highest BCUT2D eigenvalue weighted by atomic mass is 16.2. The monoisotopic (exact) mass is 323 g/mol. The molecule has 124 valence electrons. The number of fused-ring (bicyclic) bond motifs is 1. The molecule has 4 rings (SSSR count). The van der Waals surface area contributed by atoms with Crippen molar-refractivity contribution in [1.82, 2.24) is 19.9 Å². The maximum Gasteiger partial charge on any atom is 0.235 e. The van der Waals surface area contributed by atoms with Crippen LogP contribution in [0.3, 0.4) is 0 Å². The first-order valence-electron chi connectivity index (χ1n) is 8.50. The quantitative estimate of drug-likeness (QED) is 0.858. The highest BCUT2D eigenvalue weighted by molar-refractivity contribution is 5.87. The van der Waals surface area contributed by atoms with Gasteiger partial charge < -0.3 is 14.8 Å². The van der Waals surface area contributed by atoms with Crippen molar-refractivity contribution >= 4 is 22.8 Å². The molecule has 0 unspecified atom stereocenters. The van der Waals surface area contributed by atoms with Gasteiger partial charge in [0.25, 0.3) is 0 Å². The molecule has 1 N–H and O–H groups in total. The van der Waals surface area contributed by atoms with Crippen molar-refractivity contribution in [3.63, 3.8) is 0 Å². The zero-order valence-electron chi connectivity index (χ0n) is 13.7. The highest BCUT2D eigenvalue weighted by Crippen LogP contribution is 2.39. The van der Waals surface area contributed by atoms with Crippen LogP contribution < -0.4 is 4.90 Å². The van der Waals surface area contributed by atoms with Crippen molar-refractivity contribution in [3.8, 4) is 12.3 Å². The standard InChI is InChI=1S/C18H21N5O/c1-2-5-15(24)23-11-4-8-18(23)7-3-10-22(12-18)17-14-6-9-19-16(14)20-13-21-17/h1,6,9,13H,3-5,7-8,10-12H2,(H,19,20,21)/t18-/m0/s1. The average Bonchev–Trinajstić information content (AvgIpc) is 3.22. The second-order valence-electron chi connectivity index (χ2n) is 6.72. The summed E-state index contributed by atoms with van der Waals surface area (Å²) >= 11 is 0. The third-order valence-electron chi connectivity index (χ3n) is 5.34. The lowest BCUT2D eigenvalue weighted by atomic mass is 9.86. The van der Waals surface area contributed by atoms with Gasteiger partial charge in [-0.3, -0.25) is 4.79 Å². The predicted molar refractivity (Wildman–Crippen MR) is 92.5 cm³/mol. The Morgan fingerprint density at radius 3 is 3.00 bits per heavy atom. The van der Waals surface area contributed by atoms with Gasteiger partial charge in [0, 0.05) is 25.8 Å². The summed E-state index contributed by atoms with van der Waals surface area (Å²) in [7, 11) is 0. The summed E-state index contributed by atoms with van der Waals surface area (Å²) in [6.45, 7) is 2.59. The summed E-state index contributed by atoms with van der Waals surface area (Å²) < 4.78 is 0. The van der Waals surface area contributed by atoms with Crippen LogP contribution >= 0.6 is 0 Å². The number of piperidine rings is 1. The smallest absolute Gasteiger partial charge is 0.235 e. The molecule has 0 aliphatic carbocycles. The summed E-state index contributed by atoms with van der Waals surface area (Å²) in [5, 5.41) is 1.04. The fourth-order valence-corrected chi connectivity index (χ4v) is 4.34. The Hall–Kier alpha value is -2.55. The average molecular weight is 323 g/mol. The molecule has 0 bridgehead atoms. The summed E-state index contributed by atoms with van der Waals surface area (Å²) in [6, 6.07) is 2.02.